The van der Waals surface area contributed by atoms with E-state index in [0.29, 0.717) is 0 Å². The van der Waals surface area contributed by atoms with Gasteiger partial charge < -0.3 is 5.32 Å². The largest absolute Gasteiger partial charge is 0.365 e. The molecule has 1 N–H and O–H groups in total. The zero-order chi connectivity index (χ0) is 16.3. The third-order valence-corrected chi connectivity index (χ3v) is 5.34. The summed E-state index contributed by atoms with van der Waals surface area (Å²) in [6, 6.07) is 10.6. The number of thiazole rings is 1. The Morgan fingerprint density at radius 2 is 1.82 bits per heavy atom. The number of hydrogen-bond acceptors (Lipinski definition) is 4. The number of thioether (sulfide) groups is 1. The van der Waals surface area contributed by atoms with Crippen LogP contribution in [0.3, 0.4) is 0 Å². The Morgan fingerprint density at radius 3 is 2.32 bits per heavy atom. The molecule has 0 aliphatic rings. The van der Waals surface area contributed by atoms with Crippen molar-refractivity contribution in [2.45, 2.75) is 37.2 Å². The van der Waals surface area contributed by atoms with Crippen molar-refractivity contribution in [3.8, 4) is 0 Å². The molecule has 0 saturated carbocycles. The lowest BCUT2D eigenvalue weighted by Gasteiger charge is -2.21. The summed E-state index contributed by atoms with van der Waals surface area (Å²) in [6.07, 6.45) is 2.15. The second-order valence-electron chi connectivity index (χ2n) is 6.57. The number of nitrogens with one attached hydrogen (secondary N) is 1. The molecule has 0 bridgehead atoms. The molecule has 0 saturated heterocycles. The number of aromatic nitrogens is 1. The Hall–Kier alpha value is -1.20. The van der Waals surface area contributed by atoms with Crippen LogP contribution in [-0.2, 0) is 6.54 Å². The van der Waals surface area contributed by atoms with Crippen molar-refractivity contribution in [1.29, 1.82) is 0 Å². The molecule has 1 heterocycles. The molecule has 0 unspecified atom stereocenters. The van der Waals surface area contributed by atoms with Gasteiger partial charge in [-0.15, -0.1) is 0 Å². The monoisotopic (exact) mass is 336 g/mol. The van der Waals surface area contributed by atoms with Gasteiger partial charge in [0.15, 0.2) is 5.00 Å². The predicted octanol–water partition coefficient (Wildman–Crippen LogP) is 4.08. The first-order valence-electron chi connectivity index (χ1n) is 7.42. The summed E-state index contributed by atoms with van der Waals surface area (Å²) in [6.45, 7) is 7.50. The molecule has 0 aliphatic carbocycles. The molecule has 2 rings (SSSR count). The molecular weight excluding hydrogens is 310 g/mol. The SMILES string of the molecule is CSc1sc(NC(C)(C)C)c(N(C)C)[n+]1Cc1ccccc1. The molecule has 0 atom stereocenters. The average Bonchev–Trinajstić information content (AvgIpc) is 2.75. The van der Waals surface area contributed by atoms with Crippen LogP contribution >= 0.6 is 23.1 Å². The maximum atomic E-state index is 3.65. The average molecular weight is 337 g/mol. The van der Waals surface area contributed by atoms with Crippen molar-refractivity contribution in [2.24, 2.45) is 0 Å². The lowest BCUT2D eigenvalue weighted by atomic mass is 10.1. The topological polar surface area (TPSA) is 19.1 Å². The summed E-state index contributed by atoms with van der Waals surface area (Å²) < 4.78 is 3.72. The highest BCUT2D eigenvalue weighted by atomic mass is 32.2. The van der Waals surface area contributed by atoms with Crippen molar-refractivity contribution in [3.63, 3.8) is 0 Å². The van der Waals surface area contributed by atoms with Gasteiger partial charge >= 0.3 is 5.82 Å². The van der Waals surface area contributed by atoms with Gasteiger partial charge in [-0.2, -0.15) is 0 Å². The molecule has 0 aliphatic heterocycles. The lowest BCUT2D eigenvalue weighted by Crippen LogP contribution is -2.40. The third-order valence-electron chi connectivity index (χ3n) is 3.14. The van der Waals surface area contributed by atoms with Crippen molar-refractivity contribution < 1.29 is 4.57 Å². The fourth-order valence-corrected chi connectivity index (χ4v) is 4.45. The van der Waals surface area contributed by atoms with E-state index in [0.717, 1.165) is 6.54 Å². The molecule has 0 fully saturated rings. The quantitative estimate of drug-likeness (QED) is 0.656. The Labute approximate surface area is 142 Å². The summed E-state index contributed by atoms with van der Waals surface area (Å²) in [7, 11) is 4.23. The summed E-state index contributed by atoms with van der Waals surface area (Å²) in [4.78, 5) is 2.20. The molecule has 2 aromatic rings. The van der Waals surface area contributed by atoms with Crippen LogP contribution in [0.4, 0.5) is 10.8 Å². The molecule has 3 nitrogen and oxygen atoms in total. The first-order chi connectivity index (χ1) is 10.3. The van der Waals surface area contributed by atoms with Gasteiger partial charge in [0.1, 0.15) is 6.54 Å². The Morgan fingerprint density at radius 1 is 1.18 bits per heavy atom. The number of benzene rings is 1. The smallest absolute Gasteiger partial charge is 0.312 e. The van der Waals surface area contributed by atoms with Gasteiger partial charge in [-0.25, -0.2) is 4.57 Å². The molecule has 0 radical (unpaired) electrons. The lowest BCUT2D eigenvalue weighted by molar-refractivity contribution is -0.705. The third kappa shape index (κ3) is 4.17. The molecule has 1 aromatic carbocycles. The minimum atomic E-state index is 0.0515. The van der Waals surface area contributed by atoms with Crippen molar-refractivity contribution in [2.75, 3.05) is 30.6 Å². The highest BCUT2D eigenvalue weighted by Crippen LogP contribution is 2.35. The van der Waals surface area contributed by atoms with E-state index in [2.05, 4.69) is 86.2 Å². The molecule has 5 heteroatoms. The minimum Gasteiger partial charge on any atom is -0.365 e. The van der Waals surface area contributed by atoms with Crippen LogP contribution in [0.1, 0.15) is 26.3 Å². The van der Waals surface area contributed by atoms with Gasteiger partial charge in [0.05, 0.1) is 14.1 Å². The van der Waals surface area contributed by atoms with Gasteiger partial charge in [-0.1, -0.05) is 53.4 Å². The first-order valence-corrected chi connectivity index (χ1v) is 9.46. The predicted molar refractivity (Wildman–Crippen MR) is 99.5 cm³/mol. The van der Waals surface area contributed by atoms with E-state index < -0.39 is 0 Å². The summed E-state index contributed by atoms with van der Waals surface area (Å²) >= 11 is 3.64. The minimum absolute atomic E-state index is 0.0515. The molecular formula is C17H26N3S2+. The zero-order valence-electron chi connectivity index (χ0n) is 14.3. The highest BCUT2D eigenvalue weighted by Gasteiger charge is 2.28. The van der Waals surface area contributed by atoms with E-state index in [1.165, 1.54) is 20.7 Å². The molecule has 0 spiro atoms. The van der Waals surface area contributed by atoms with Crippen LogP contribution in [0.25, 0.3) is 0 Å². The maximum Gasteiger partial charge on any atom is 0.312 e. The van der Waals surface area contributed by atoms with Crippen LogP contribution in [0.5, 0.6) is 0 Å². The van der Waals surface area contributed by atoms with E-state index in [1.807, 2.05) is 23.1 Å². The van der Waals surface area contributed by atoms with Crippen LogP contribution in [0.15, 0.2) is 34.7 Å². The molecule has 0 amide bonds. The molecule has 22 heavy (non-hydrogen) atoms. The number of rotatable bonds is 5. The second kappa shape index (κ2) is 6.92. The Bertz CT molecular complexity index is 613. The molecule has 1 aromatic heterocycles. The van der Waals surface area contributed by atoms with E-state index in [1.54, 1.807) is 0 Å². The van der Waals surface area contributed by atoms with Crippen LogP contribution in [-0.4, -0.2) is 25.9 Å². The normalized spacial score (nSPS) is 11.5. The molecule has 120 valence electrons. The zero-order valence-corrected chi connectivity index (χ0v) is 15.9. The standard InChI is InChI=1S/C17H26N3S2/c1-17(2,3)18-14-15(19(4)5)20(16(21-6)22-14)12-13-10-8-7-9-11-13/h7-11,18H,12H2,1-6H3/q+1. The van der Waals surface area contributed by atoms with Crippen LogP contribution < -0.4 is 14.8 Å². The number of nitrogens with zero attached hydrogens (tertiary/aromatic N) is 2. The van der Waals surface area contributed by atoms with Crippen LogP contribution in [0.2, 0.25) is 0 Å². The fraction of sp³-hybridized carbons (Fsp3) is 0.471. The van der Waals surface area contributed by atoms with E-state index in [4.69, 9.17) is 0 Å². The summed E-state index contributed by atoms with van der Waals surface area (Å²) in [5, 5.41) is 4.89. The number of hydrogen-bond donors (Lipinski definition) is 1. The van der Waals surface area contributed by atoms with E-state index in [-0.39, 0.29) is 5.54 Å². The van der Waals surface area contributed by atoms with Crippen molar-refractivity contribution in [1.82, 2.24) is 0 Å². The van der Waals surface area contributed by atoms with Crippen molar-refractivity contribution in [3.05, 3.63) is 35.9 Å². The number of anilines is 2. The second-order valence-corrected chi connectivity index (χ2v) is 8.62. The summed E-state index contributed by atoms with van der Waals surface area (Å²) in [5.74, 6) is 1.24. The highest BCUT2D eigenvalue weighted by molar-refractivity contribution is 8.00. The van der Waals surface area contributed by atoms with Gasteiger partial charge in [0.25, 0.3) is 0 Å². The fourth-order valence-electron chi connectivity index (χ4n) is 2.32. The Kier molecular flexibility index (Phi) is 5.40. The maximum absolute atomic E-state index is 3.65. The first kappa shape index (κ1) is 17.2. The van der Waals surface area contributed by atoms with Gasteiger partial charge in [0.2, 0.25) is 4.34 Å². The summed E-state index contributed by atoms with van der Waals surface area (Å²) in [5.41, 5.74) is 1.38. The van der Waals surface area contributed by atoms with E-state index in [9.17, 15) is 0 Å². The van der Waals surface area contributed by atoms with E-state index >= 15 is 0 Å². The van der Waals surface area contributed by atoms with Gasteiger partial charge in [-0.3, -0.25) is 4.90 Å². The van der Waals surface area contributed by atoms with Gasteiger partial charge in [-0.05, 0) is 32.6 Å². The van der Waals surface area contributed by atoms with Gasteiger partial charge in [0, 0.05) is 5.54 Å². The van der Waals surface area contributed by atoms with Crippen LogP contribution in [0, 0.1) is 0 Å². The Balaban J connectivity index is 2.46. The van der Waals surface area contributed by atoms with Crippen molar-refractivity contribution >= 4 is 33.9 Å².